The molecule has 0 saturated heterocycles. The molecule has 0 aromatic heterocycles. The molecule has 28 heavy (non-hydrogen) atoms. The average Bonchev–Trinajstić information content (AvgIpc) is 2.67. The van der Waals surface area contributed by atoms with Gasteiger partial charge in [0, 0.05) is 23.1 Å². The van der Waals surface area contributed by atoms with Gasteiger partial charge in [0.15, 0.2) is 5.78 Å². The van der Waals surface area contributed by atoms with E-state index in [0.29, 0.717) is 41.1 Å². The molecule has 144 valence electrons. The van der Waals surface area contributed by atoms with Gasteiger partial charge in [0.25, 0.3) is 0 Å². The van der Waals surface area contributed by atoms with Crippen molar-refractivity contribution in [2.45, 2.75) is 26.7 Å². The third kappa shape index (κ3) is 6.06. The molecule has 2 rings (SSSR count). The van der Waals surface area contributed by atoms with Gasteiger partial charge in [-0.15, -0.1) is 0 Å². The number of aryl methyl sites for hydroxylation is 1. The SMILES string of the molecule is C=C(C)C(=O)Oc1ccc(CCC(=O)c2ccc(OC(=O)C(=C)C)cc2)cc1. The topological polar surface area (TPSA) is 69.7 Å². The summed E-state index contributed by atoms with van der Waals surface area (Å²) in [5.74, 6) is -0.195. The molecule has 0 aliphatic carbocycles. The van der Waals surface area contributed by atoms with Crippen LogP contribution in [0.5, 0.6) is 11.5 Å². The first-order valence-electron chi connectivity index (χ1n) is 8.74. The molecule has 0 bridgehead atoms. The van der Waals surface area contributed by atoms with E-state index >= 15 is 0 Å². The first-order chi connectivity index (χ1) is 13.3. The van der Waals surface area contributed by atoms with Gasteiger partial charge < -0.3 is 9.47 Å². The van der Waals surface area contributed by atoms with Crippen molar-refractivity contribution in [3.8, 4) is 11.5 Å². The highest BCUT2D eigenvalue weighted by atomic mass is 16.5. The highest BCUT2D eigenvalue weighted by Crippen LogP contribution is 2.17. The number of Topliss-reactive ketones (excluding diaryl/α,β-unsaturated/α-hetero) is 1. The van der Waals surface area contributed by atoms with Crippen LogP contribution < -0.4 is 9.47 Å². The second-order valence-electron chi connectivity index (χ2n) is 6.43. The molecule has 0 radical (unpaired) electrons. The molecular formula is C23H22O5. The molecule has 5 heteroatoms. The number of benzene rings is 2. The quantitative estimate of drug-likeness (QED) is 0.293. The van der Waals surface area contributed by atoms with E-state index in [0.717, 1.165) is 5.56 Å². The molecule has 0 fully saturated rings. The molecule has 0 N–H and O–H groups in total. The van der Waals surface area contributed by atoms with Crippen LogP contribution in [0.4, 0.5) is 0 Å². The van der Waals surface area contributed by atoms with Gasteiger partial charge in [0.2, 0.25) is 0 Å². The second kappa shape index (κ2) is 9.46. The number of carbonyl (C=O) groups excluding carboxylic acids is 3. The highest BCUT2D eigenvalue weighted by Gasteiger charge is 2.10. The Hall–Kier alpha value is -3.47. The van der Waals surface area contributed by atoms with E-state index in [-0.39, 0.29) is 5.78 Å². The zero-order chi connectivity index (χ0) is 20.7. The molecule has 0 atom stereocenters. The molecule has 5 nitrogen and oxygen atoms in total. The first kappa shape index (κ1) is 20.8. The van der Waals surface area contributed by atoms with E-state index < -0.39 is 11.9 Å². The molecule has 0 heterocycles. The summed E-state index contributed by atoms with van der Waals surface area (Å²) in [6.07, 6.45) is 0.885. The molecule has 2 aromatic rings. The molecule has 0 aliphatic rings. The first-order valence-corrected chi connectivity index (χ1v) is 8.74. The Morgan fingerprint density at radius 3 is 1.61 bits per heavy atom. The molecule has 0 saturated carbocycles. The van der Waals surface area contributed by atoms with Gasteiger partial charge in [-0.25, -0.2) is 9.59 Å². The van der Waals surface area contributed by atoms with Gasteiger partial charge in [-0.1, -0.05) is 25.3 Å². The van der Waals surface area contributed by atoms with Gasteiger partial charge >= 0.3 is 11.9 Å². The second-order valence-corrected chi connectivity index (χ2v) is 6.43. The fourth-order valence-corrected chi connectivity index (χ4v) is 2.22. The van der Waals surface area contributed by atoms with Crippen LogP contribution in [0.25, 0.3) is 0 Å². The van der Waals surface area contributed by atoms with Crippen LogP contribution in [-0.2, 0) is 16.0 Å². The monoisotopic (exact) mass is 378 g/mol. The number of hydrogen-bond acceptors (Lipinski definition) is 5. The number of ether oxygens (including phenoxy) is 2. The standard InChI is InChI=1S/C23H22O5/c1-15(2)22(25)27-19-10-5-17(6-11-19)7-14-21(24)18-8-12-20(13-9-18)28-23(26)16(3)4/h5-6,8-13H,1,3,7,14H2,2,4H3. The molecule has 0 unspecified atom stereocenters. The van der Waals surface area contributed by atoms with Crippen molar-refractivity contribution in [2.24, 2.45) is 0 Å². The van der Waals surface area contributed by atoms with Gasteiger partial charge in [0.05, 0.1) is 0 Å². The van der Waals surface area contributed by atoms with E-state index in [2.05, 4.69) is 13.2 Å². The van der Waals surface area contributed by atoms with Crippen LogP contribution in [0, 0.1) is 0 Å². The van der Waals surface area contributed by atoms with Gasteiger partial charge in [-0.2, -0.15) is 0 Å². The lowest BCUT2D eigenvalue weighted by Crippen LogP contribution is -2.08. The maximum atomic E-state index is 12.3. The molecule has 2 aromatic carbocycles. The Balaban J connectivity index is 1.89. The molecule has 0 aliphatic heterocycles. The summed E-state index contributed by atoms with van der Waals surface area (Å²) in [4.78, 5) is 35.3. The Bertz CT molecular complexity index is 905. The lowest BCUT2D eigenvalue weighted by Gasteiger charge is -2.06. The van der Waals surface area contributed by atoms with Crippen molar-refractivity contribution in [3.05, 3.63) is 84.0 Å². The zero-order valence-electron chi connectivity index (χ0n) is 16.0. The summed E-state index contributed by atoms with van der Waals surface area (Å²) in [5, 5.41) is 0. The smallest absolute Gasteiger partial charge is 0.338 e. The number of ketones is 1. The maximum absolute atomic E-state index is 12.3. The fourth-order valence-electron chi connectivity index (χ4n) is 2.22. The number of rotatable bonds is 8. The summed E-state index contributed by atoms with van der Waals surface area (Å²) in [5.41, 5.74) is 2.13. The van der Waals surface area contributed by atoms with Crippen molar-refractivity contribution in [3.63, 3.8) is 0 Å². The van der Waals surface area contributed by atoms with Crippen molar-refractivity contribution in [2.75, 3.05) is 0 Å². The Kier molecular flexibility index (Phi) is 7.04. The van der Waals surface area contributed by atoms with Crippen LogP contribution in [0.1, 0.15) is 36.2 Å². The molecule has 0 spiro atoms. The van der Waals surface area contributed by atoms with Gasteiger partial charge in [0.1, 0.15) is 11.5 Å². The summed E-state index contributed by atoms with van der Waals surface area (Å²) >= 11 is 0. The largest absolute Gasteiger partial charge is 0.423 e. The summed E-state index contributed by atoms with van der Waals surface area (Å²) in [6.45, 7) is 10.2. The van der Waals surface area contributed by atoms with Gasteiger partial charge in [-0.3, -0.25) is 4.79 Å². The van der Waals surface area contributed by atoms with E-state index in [4.69, 9.17) is 9.47 Å². The molecule has 0 amide bonds. The van der Waals surface area contributed by atoms with E-state index in [1.54, 1.807) is 50.2 Å². The number of hydrogen-bond donors (Lipinski definition) is 0. The minimum absolute atomic E-state index is 0.0180. The Morgan fingerprint density at radius 2 is 1.18 bits per heavy atom. The number of esters is 2. The maximum Gasteiger partial charge on any atom is 0.338 e. The predicted octanol–water partition coefficient (Wildman–Crippen LogP) is 4.47. The lowest BCUT2D eigenvalue weighted by atomic mass is 10.0. The zero-order valence-corrected chi connectivity index (χ0v) is 16.0. The third-order valence-electron chi connectivity index (χ3n) is 3.86. The third-order valence-corrected chi connectivity index (χ3v) is 3.86. The summed E-state index contributed by atoms with van der Waals surface area (Å²) < 4.78 is 10.2. The van der Waals surface area contributed by atoms with Crippen molar-refractivity contribution in [1.82, 2.24) is 0 Å². The van der Waals surface area contributed by atoms with E-state index in [1.807, 2.05) is 12.1 Å². The predicted molar refractivity (Wildman–Crippen MR) is 106 cm³/mol. The Morgan fingerprint density at radius 1 is 0.750 bits per heavy atom. The normalized spacial score (nSPS) is 10.1. The van der Waals surface area contributed by atoms with Gasteiger partial charge in [-0.05, 0) is 62.2 Å². The fraction of sp³-hybridized carbons (Fsp3) is 0.174. The van der Waals surface area contributed by atoms with Crippen LogP contribution >= 0.6 is 0 Å². The van der Waals surface area contributed by atoms with Crippen LogP contribution in [0.2, 0.25) is 0 Å². The minimum atomic E-state index is -0.503. The highest BCUT2D eigenvalue weighted by molar-refractivity contribution is 5.96. The lowest BCUT2D eigenvalue weighted by molar-refractivity contribution is -0.130. The summed E-state index contributed by atoms with van der Waals surface area (Å²) in [6, 6.07) is 13.4. The Labute approximate surface area is 164 Å². The van der Waals surface area contributed by atoms with Crippen LogP contribution in [0.3, 0.4) is 0 Å². The molecular weight excluding hydrogens is 356 g/mol. The van der Waals surface area contributed by atoms with E-state index in [9.17, 15) is 14.4 Å². The van der Waals surface area contributed by atoms with Crippen LogP contribution in [-0.4, -0.2) is 17.7 Å². The van der Waals surface area contributed by atoms with Crippen molar-refractivity contribution < 1.29 is 23.9 Å². The summed E-state index contributed by atoms with van der Waals surface area (Å²) in [7, 11) is 0. The number of carbonyl (C=O) groups is 3. The minimum Gasteiger partial charge on any atom is -0.423 e. The van der Waals surface area contributed by atoms with Crippen molar-refractivity contribution in [1.29, 1.82) is 0 Å². The van der Waals surface area contributed by atoms with Crippen molar-refractivity contribution >= 4 is 17.7 Å². The van der Waals surface area contributed by atoms with Crippen LogP contribution in [0.15, 0.2) is 72.8 Å². The van der Waals surface area contributed by atoms with E-state index in [1.165, 1.54) is 0 Å². The average molecular weight is 378 g/mol.